The largest absolute Gasteiger partial charge is 0.458 e. The summed E-state index contributed by atoms with van der Waals surface area (Å²) in [7, 11) is 0. The summed E-state index contributed by atoms with van der Waals surface area (Å²) >= 11 is 0. The van der Waals surface area contributed by atoms with Crippen LogP contribution >= 0.6 is 0 Å². The molecule has 6 heterocycles. The lowest BCUT2D eigenvalue weighted by atomic mass is 9.35. The molecule has 0 amide bonds. The van der Waals surface area contributed by atoms with E-state index in [0.717, 1.165) is 95.1 Å². The van der Waals surface area contributed by atoms with Gasteiger partial charge in [-0.1, -0.05) is 109 Å². The van der Waals surface area contributed by atoms with Crippen LogP contribution in [0.1, 0.15) is 0 Å². The second kappa shape index (κ2) is 15.4. The average molecular weight is 935 g/mol. The minimum absolute atomic E-state index is 0.0437. The molecular formula is C65H39BN4O3. The fourth-order valence-corrected chi connectivity index (χ4v) is 11.9. The number of hydrogen-bond acceptors (Lipinski definition) is 5. The first kappa shape index (κ1) is 40.0. The molecule has 8 heteroatoms. The minimum atomic E-state index is -0.0437. The maximum absolute atomic E-state index is 6.58. The van der Waals surface area contributed by atoms with Crippen molar-refractivity contribution in [3.8, 4) is 45.6 Å². The van der Waals surface area contributed by atoms with Gasteiger partial charge < -0.3 is 27.9 Å². The summed E-state index contributed by atoms with van der Waals surface area (Å²) in [5.41, 5.74) is 16.9. The Kier molecular flexibility index (Phi) is 8.41. The quantitative estimate of drug-likeness (QED) is 0.156. The van der Waals surface area contributed by atoms with Crippen molar-refractivity contribution < 1.29 is 13.9 Å². The lowest BCUT2D eigenvalue weighted by Gasteiger charge is -2.32. The number of nitrogens with zero attached hydrogens (tertiary/aromatic N) is 4. The molecule has 73 heavy (non-hydrogen) atoms. The Morgan fingerprint density at radius 2 is 0.863 bits per heavy atom. The van der Waals surface area contributed by atoms with E-state index in [9.17, 15) is 0 Å². The van der Waals surface area contributed by atoms with Crippen molar-refractivity contribution in [3.63, 3.8) is 0 Å². The number of ether oxygens (including phenoxy) is 2. The van der Waals surface area contributed by atoms with E-state index in [1.165, 1.54) is 43.6 Å². The highest BCUT2D eigenvalue weighted by molar-refractivity contribution is 6.98. The van der Waals surface area contributed by atoms with Gasteiger partial charge in [-0.2, -0.15) is 0 Å². The Hall–Kier alpha value is -9.79. The monoisotopic (exact) mass is 934 g/mol. The van der Waals surface area contributed by atoms with Gasteiger partial charge in [0.1, 0.15) is 28.4 Å². The van der Waals surface area contributed by atoms with Crippen LogP contribution in [0, 0.1) is 0 Å². The zero-order chi connectivity index (χ0) is 47.7. The van der Waals surface area contributed by atoms with E-state index in [1.54, 1.807) is 6.20 Å². The molecule has 2 aliphatic rings. The number of hydrogen-bond donors (Lipinski definition) is 0. The van der Waals surface area contributed by atoms with E-state index < -0.39 is 0 Å². The average Bonchev–Trinajstić information content (AvgIpc) is 4.11. The fourth-order valence-electron chi connectivity index (χ4n) is 11.9. The summed E-state index contributed by atoms with van der Waals surface area (Å²) < 4.78 is 24.2. The maximum atomic E-state index is 6.58. The number of rotatable bonds is 6. The lowest BCUT2D eigenvalue weighted by molar-refractivity contribution is 0.450. The van der Waals surface area contributed by atoms with Gasteiger partial charge in [0.2, 0.25) is 5.88 Å². The molecule has 16 rings (SSSR count). The Labute approximate surface area is 419 Å². The van der Waals surface area contributed by atoms with Crippen molar-refractivity contribution in [1.82, 2.24) is 14.1 Å². The molecule has 0 fully saturated rings. The molecule has 0 unspecified atom stereocenters. The van der Waals surface area contributed by atoms with Gasteiger partial charge in [0, 0.05) is 72.4 Å². The van der Waals surface area contributed by atoms with Crippen molar-refractivity contribution >= 4 is 106 Å². The van der Waals surface area contributed by atoms with E-state index in [-0.39, 0.29) is 6.71 Å². The SMILES string of the molecule is c1ccc2c(c1)Oc1ccnc3c1B2c1ccc(-c2ccc4oc5ccc(N(c6ccc(-n7c8ccccc8c8ccccc87)cc6)c6ccc(-n7c8ccccc8c8ccccc87)cc6)cc5c4c2)cc1O3. The molecule has 340 valence electrons. The molecular weight excluding hydrogens is 896 g/mol. The molecule has 4 aromatic heterocycles. The topological polar surface area (TPSA) is 57.6 Å². The second-order valence-electron chi connectivity index (χ2n) is 19.1. The van der Waals surface area contributed by atoms with Gasteiger partial charge in [0.05, 0.1) is 22.1 Å². The Bertz CT molecular complexity index is 4330. The van der Waals surface area contributed by atoms with Gasteiger partial charge in [-0.3, -0.25) is 0 Å². The molecule has 0 saturated heterocycles. The number of fused-ring (bicyclic) bond motifs is 13. The molecule has 0 N–H and O–H groups in total. The number of pyridine rings is 1. The smallest absolute Gasteiger partial charge is 0.262 e. The van der Waals surface area contributed by atoms with E-state index in [0.29, 0.717) is 5.88 Å². The van der Waals surface area contributed by atoms with E-state index in [4.69, 9.17) is 13.9 Å². The first-order valence-corrected chi connectivity index (χ1v) is 24.7. The van der Waals surface area contributed by atoms with Gasteiger partial charge in [-0.25, -0.2) is 4.98 Å². The predicted octanol–water partition coefficient (Wildman–Crippen LogP) is 15.0. The first-order valence-electron chi connectivity index (χ1n) is 24.7. The zero-order valence-electron chi connectivity index (χ0n) is 39.1. The highest BCUT2D eigenvalue weighted by Gasteiger charge is 2.40. The molecule has 0 aliphatic carbocycles. The van der Waals surface area contributed by atoms with Crippen LogP contribution in [-0.4, -0.2) is 20.8 Å². The zero-order valence-corrected chi connectivity index (χ0v) is 39.1. The van der Waals surface area contributed by atoms with E-state index in [1.807, 2.05) is 18.2 Å². The minimum Gasteiger partial charge on any atom is -0.458 e. The van der Waals surface area contributed by atoms with Crippen molar-refractivity contribution in [2.45, 2.75) is 0 Å². The van der Waals surface area contributed by atoms with Crippen molar-refractivity contribution in [2.24, 2.45) is 0 Å². The molecule has 0 spiro atoms. The summed E-state index contributed by atoms with van der Waals surface area (Å²) in [6.45, 7) is -0.0437. The third-order valence-electron chi connectivity index (χ3n) is 15.1. The van der Waals surface area contributed by atoms with Gasteiger partial charge in [0.15, 0.2) is 0 Å². The van der Waals surface area contributed by atoms with Crippen LogP contribution in [-0.2, 0) is 0 Å². The van der Waals surface area contributed by atoms with Crippen molar-refractivity contribution in [1.29, 1.82) is 0 Å². The number of anilines is 3. The van der Waals surface area contributed by atoms with E-state index in [2.05, 4.69) is 231 Å². The fraction of sp³-hybridized carbons (Fsp3) is 0. The van der Waals surface area contributed by atoms with Crippen LogP contribution in [0.4, 0.5) is 17.1 Å². The van der Waals surface area contributed by atoms with Crippen LogP contribution in [0.5, 0.6) is 23.1 Å². The van der Waals surface area contributed by atoms with Crippen LogP contribution in [0.15, 0.2) is 241 Å². The molecule has 0 radical (unpaired) electrons. The third-order valence-corrected chi connectivity index (χ3v) is 15.1. The summed E-state index contributed by atoms with van der Waals surface area (Å²) in [5.74, 6) is 3.01. The summed E-state index contributed by atoms with van der Waals surface area (Å²) in [4.78, 5) is 7.02. The van der Waals surface area contributed by atoms with Gasteiger partial charge in [-0.05, 0) is 143 Å². The lowest BCUT2D eigenvalue weighted by Crippen LogP contribution is -2.57. The Morgan fingerprint density at radius 3 is 1.48 bits per heavy atom. The van der Waals surface area contributed by atoms with Crippen LogP contribution < -0.4 is 30.8 Å². The van der Waals surface area contributed by atoms with Crippen molar-refractivity contribution in [2.75, 3.05) is 4.90 Å². The van der Waals surface area contributed by atoms with Crippen molar-refractivity contribution in [3.05, 3.63) is 237 Å². The highest BCUT2D eigenvalue weighted by atomic mass is 16.5. The van der Waals surface area contributed by atoms with Gasteiger partial charge >= 0.3 is 0 Å². The van der Waals surface area contributed by atoms with Crippen LogP contribution in [0.25, 0.3) is 88.1 Å². The molecule has 2 aliphatic heterocycles. The van der Waals surface area contributed by atoms with E-state index >= 15 is 0 Å². The summed E-state index contributed by atoms with van der Waals surface area (Å²) in [6, 6.07) is 82.3. The Balaban J connectivity index is 0.820. The van der Waals surface area contributed by atoms with Crippen LogP contribution in [0.3, 0.4) is 0 Å². The highest BCUT2D eigenvalue weighted by Crippen LogP contribution is 2.43. The number of benzene rings is 10. The summed E-state index contributed by atoms with van der Waals surface area (Å²) in [5, 5.41) is 7.02. The molecule has 14 aromatic rings. The van der Waals surface area contributed by atoms with Gasteiger partial charge in [-0.15, -0.1) is 0 Å². The Morgan fingerprint density at radius 1 is 0.370 bits per heavy atom. The summed E-state index contributed by atoms with van der Waals surface area (Å²) in [6.07, 6.45) is 1.76. The van der Waals surface area contributed by atoms with Gasteiger partial charge in [0.25, 0.3) is 6.71 Å². The third kappa shape index (κ3) is 5.98. The number of para-hydroxylation sites is 5. The molecule has 0 bridgehead atoms. The molecule has 7 nitrogen and oxygen atoms in total. The molecule has 10 aromatic carbocycles. The maximum Gasteiger partial charge on any atom is 0.262 e. The number of furan rings is 1. The molecule has 0 atom stereocenters. The first-order chi connectivity index (χ1) is 36.2. The standard InChI is InChI=1S/C65H39BN4O3/c1-6-16-55-47(11-1)48-12-2-7-17-56(48)69(55)44-27-23-42(24-28-44)68(43-25-29-45(30-26-43)70-57-18-8-3-13-49(57)50-14-4-9-19-58(50)70)46-31-34-60-52(39-46)51-37-40(22-33-59(51)71-60)41-21-32-54-63(38-41)73-65-64-62(35-36-67-65)72-61-20-10-5-15-53(61)66(54)64/h1-39H. The molecule has 0 saturated carbocycles. The van der Waals surface area contributed by atoms with Crippen LogP contribution in [0.2, 0.25) is 0 Å². The predicted molar refractivity (Wildman–Crippen MR) is 298 cm³/mol. The normalized spacial score (nSPS) is 12.6. The second-order valence-corrected chi connectivity index (χ2v) is 19.1. The number of aromatic nitrogens is 3.